The summed E-state index contributed by atoms with van der Waals surface area (Å²) in [6.45, 7) is 2.62. The molecular formula is C20H18F4N4OS. The summed E-state index contributed by atoms with van der Waals surface area (Å²) in [5, 5.41) is 2.97. The van der Waals surface area contributed by atoms with Gasteiger partial charge in [-0.1, -0.05) is 12.1 Å². The van der Waals surface area contributed by atoms with E-state index in [0.717, 1.165) is 15.1 Å². The van der Waals surface area contributed by atoms with Crippen LogP contribution in [0.2, 0.25) is 0 Å². The molecule has 0 bridgehead atoms. The van der Waals surface area contributed by atoms with Crippen molar-refractivity contribution in [1.29, 1.82) is 0 Å². The van der Waals surface area contributed by atoms with Gasteiger partial charge in [0.05, 0.1) is 11.4 Å². The molecule has 1 saturated heterocycles. The van der Waals surface area contributed by atoms with Gasteiger partial charge < -0.3 is 10.2 Å². The minimum atomic E-state index is -4.98. The number of alkyl halides is 3. The van der Waals surface area contributed by atoms with Crippen LogP contribution >= 0.6 is 11.3 Å². The first-order chi connectivity index (χ1) is 14.2. The number of aromatic nitrogens is 2. The van der Waals surface area contributed by atoms with E-state index in [1.165, 1.54) is 29.8 Å². The van der Waals surface area contributed by atoms with Crippen LogP contribution in [0.15, 0.2) is 36.7 Å². The van der Waals surface area contributed by atoms with Crippen molar-refractivity contribution < 1.29 is 22.4 Å². The van der Waals surface area contributed by atoms with E-state index >= 15 is 0 Å². The van der Waals surface area contributed by atoms with Gasteiger partial charge in [-0.25, -0.2) is 14.4 Å². The normalized spacial score (nSPS) is 19.8. The molecule has 0 spiro atoms. The molecule has 1 aromatic carbocycles. The Hall–Kier alpha value is -2.75. The lowest BCUT2D eigenvalue weighted by Gasteiger charge is -2.40. The molecule has 10 heteroatoms. The van der Waals surface area contributed by atoms with Gasteiger partial charge in [0.1, 0.15) is 22.8 Å². The maximum Gasteiger partial charge on any atom is 0.471 e. The number of rotatable bonds is 3. The topological polar surface area (TPSA) is 58.1 Å². The number of thiophene rings is 1. The third-order valence-electron chi connectivity index (χ3n) is 5.22. The first kappa shape index (κ1) is 20.5. The number of carbonyl (C=O) groups excluding carboxylic acids is 1. The lowest BCUT2D eigenvalue weighted by atomic mass is 9.85. The smallest absolute Gasteiger partial charge is 0.354 e. The van der Waals surface area contributed by atoms with Crippen molar-refractivity contribution in [3.63, 3.8) is 0 Å². The zero-order valence-electron chi connectivity index (χ0n) is 15.9. The average molecular weight is 438 g/mol. The minimum absolute atomic E-state index is 0.144. The van der Waals surface area contributed by atoms with E-state index in [2.05, 4.69) is 15.3 Å². The summed E-state index contributed by atoms with van der Waals surface area (Å²) < 4.78 is 52.1. The standard InChI is InChI=1S/C20H18F4N4OS/c1-11-8-15-17(25-10-26-18(15)30-11)28-7-6-14(12-2-4-13(21)5-3-12)16(9-28)27-19(29)20(22,23)24/h2-5,8,10,14,16H,6-7,9H2,1H3,(H,27,29). The molecule has 0 saturated carbocycles. The fourth-order valence-corrected chi connectivity index (χ4v) is 4.71. The van der Waals surface area contributed by atoms with Crippen LogP contribution in [0.4, 0.5) is 23.4 Å². The molecule has 0 aliphatic carbocycles. The maximum atomic E-state index is 13.3. The highest BCUT2D eigenvalue weighted by molar-refractivity contribution is 7.18. The molecule has 2 atom stereocenters. The van der Waals surface area contributed by atoms with Gasteiger partial charge in [-0.05, 0) is 37.1 Å². The molecule has 2 aromatic heterocycles. The highest BCUT2D eigenvalue weighted by Crippen LogP contribution is 2.35. The summed E-state index contributed by atoms with van der Waals surface area (Å²) in [6.07, 6.45) is -3.08. The predicted octanol–water partition coefficient (Wildman–Crippen LogP) is 4.18. The zero-order chi connectivity index (χ0) is 21.5. The van der Waals surface area contributed by atoms with Crippen LogP contribution in [0, 0.1) is 12.7 Å². The summed E-state index contributed by atoms with van der Waals surface area (Å²) in [7, 11) is 0. The fraction of sp³-hybridized carbons (Fsp3) is 0.350. The Morgan fingerprint density at radius 2 is 1.97 bits per heavy atom. The maximum absolute atomic E-state index is 13.3. The Labute approximate surface area is 173 Å². The average Bonchev–Trinajstić information content (AvgIpc) is 3.08. The number of piperidine rings is 1. The first-order valence-electron chi connectivity index (χ1n) is 9.31. The molecule has 3 heterocycles. The van der Waals surface area contributed by atoms with Gasteiger partial charge >= 0.3 is 12.1 Å². The Morgan fingerprint density at radius 1 is 1.23 bits per heavy atom. The minimum Gasteiger partial charge on any atom is -0.354 e. The summed E-state index contributed by atoms with van der Waals surface area (Å²) in [4.78, 5) is 24.0. The molecule has 5 nitrogen and oxygen atoms in total. The monoisotopic (exact) mass is 438 g/mol. The van der Waals surface area contributed by atoms with E-state index in [1.54, 1.807) is 12.1 Å². The lowest BCUT2D eigenvalue weighted by molar-refractivity contribution is -0.174. The second-order valence-corrected chi connectivity index (χ2v) is 8.48. The van der Waals surface area contributed by atoms with Crippen molar-refractivity contribution in [2.24, 2.45) is 0 Å². The third-order valence-corrected chi connectivity index (χ3v) is 6.17. The second-order valence-electron chi connectivity index (χ2n) is 7.24. The summed E-state index contributed by atoms with van der Waals surface area (Å²) in [5.41, 5.74) is 0.683. The van der Waals surface area contributed by atoms with E-state index < -0.39 is 23.9 Å². The number of hydrogen-bond acceptors (Lipinski definition) is 5. The van der Waals surface area contributed by atoms with Crippen LogP contribution in [0.3, 0.4) is 0 Å². The van der Waals surface area contributed by atoms with Crippen LogP contribution in [-0.4, -0.2) is 41.2 Å². The molecule has 1 aliphatic rings. The largest absolute Gasteiger partial charge is 0.471 e. The molecule has 1 fully saturated rings. The summed E-state index contributed by atoms with van der Waals surface area (Å²) in [6, 6.07) is 6.77. The molecule has 4 rings (SSSR count). The van der Waals surface area contributed by atoms with E-state index in [0.29, 0.717) is 24.3 Å². The number of carbonyl (C=O) groups is 1. The van der Waals surface area contributed by atoms with E-state index in [1.807, 2.05) is 17.9 Å². The second kappa shape index (κ2) is 7.82. The molecule has 2 unspecified atom stereocenters. The molecule has 3 aromatic rings. The Kier molecular flexibility index (Phi) is 5.35. The summed E-state index contributed by atoms with van der Waals surface area (Å²) >= 11 is 1.51. The van der Waals surface area contributed by atoms with Crippen molar-refractivity contribution in [2.75, 3.05) is 18.0 Å². The van der Waals surface area contributed by atoms with Gasteiger partial charge in [-0.3, -0.25) is 4.79 Å². The number of benzene rings is 1. The van der Waals surface area contributed by atoms with Crippen LogP contribution in [0.1, 0.15) is 22.8 Å². The number of amides is 1. The Balaban J connectivity index is 1.65. The number of halogens is 4. The van der Waals surface area contributed by atoms with Gasteiger partial charge in [0, 0.05) is 23.9 Å². The molecular weight excluding hydrogens is 420 g/mol. The van der Waals surface area contributed by atoms with Crippen LogP contribution < -0.4 is 10.2 Å². The van der Waals surface area contributed by atoms with Gasteiger partial charge in [0.25, 0.3) is 0 Å². The molecule has 1 amide bonds. The van der Waals surface area contributed by atoms with Crippen LogP contribution in [0.5, 0.6) is 0 Å². The molecule has 1 aliphatic heterocycles. The van der Waals surface area contributed by atoms with Crippen molar-refractivity contribution in [3.05, 3.63) is 52.9 Å². The van der Waals surface area contributed by atoms with Crippen molar-refractivity contribution in [2.45, 2.75) is 31.5 Å². The van der Waals surface area contributed by atoms with E-state index in [9.17, 15) is 22.4 Å². The number of hydrogen-bond donors (Lipinski definition) is 1. The van der Waals surface area contributed by atoms with Crippen LogP contribution in [-0.2, 0) is 4.79 Å². The molecule has 0 radical (unpaired) electrons. The van der Waals surface area contributed by atoms with Gasteiger partial charge in [-0.2, -0.15) is 13.2 Å². The first-order valence-corrected chi connectivity index (χ1v) is 10.1. The van der Waals surface area contributed by atoms with Crippen LogP contribution in [0.25, 0.3) is 10.2 Å². The number of aryl methyl sites for hydroxylation is 1. The lowest BCUT2D eigenvalue weighted by Crippen LogP contribution is -2.54. The highest BCUT2D eigenvalue weighted by atomic mass is 32.1. The van der Waals surface area contributed by atoms with Gasteiger partial charge in [0.2, 0.25) is 0 Å². The Morgan fingerprint density at radius 3 is 2.67 bits per heavy atom. The summed E-state index contributed by atoms with van der Waals surface area (Å²) in [5.74, 6) is -2.16. The van der Waals surface area contributed by atoms with Crippen molar-refractivity contribution in [3.8, 4) is 0 Å². The highest BCUT2D eigenvalue weighted by Gasteiger charge is 2.42. The van der Waals surface area contributed by atoms with Crippen molar-refractivity contribution in [1.82, 2.24) is 15.3 Å². The van der Waals surface area contributed by atoms with E-state index in [-0.39, 0.29) is 12.5 Å². The van der Waals surface area contributed by atoms with Gasteiger partial charge in [-0.15, -0.1) is 11.3 Å². The van der Waals surface area contributed by atoms with Crippen molar-refractivity contribution >= 4 is 33.3 Å². The Bertz CT molecular complexity index is 1070. The SMILES string of the molecule is Cc1cc2c(N3CCC(c4ccc(F)cc4)C(NC(=O)C(F)(F)F)C3)ncnc2s1. The number of nitrogens with zero attached hydrogens (tertiary/aromatic N) is 3. The number of nitrogens with one attached hydrogen (secondary N) is 1. The predicted molar refractivity (Wildman–Crippen MR) is 106 cm³/mol. The molecule has 30 heavy (non-hydrogen) atoms. The fourth-order valence-electron chi connectivity index (χ4n) is 3.87. The molecule has 1 N–H and O–H groups in total. The number of anilines is 1. The van der Waals surface area contributed by atoms with E-state index in [4.69, 9.17) is 0 Å². The van der Waals surface area contributed by atoms with Gasteiger partial charge in [0.15, 0.2) is 0 Å². The molecule has 158 valence electrons. The zero-order valence-corrected chi connectivity index (χ0v) is 16.7. The quantitative estimate of drug-likeness (QED) is 0.624. The number of fused-ring (bicyclic) bond motifs is 1. The third kappa shape index (κ3) is 4.09.